The van der Waals surface area contributed by atoms with Crippen LogP contribution >= 0.6 is 0 Å². The summed E-state index contributed by atoms with van der Waals surface area (Å²) in [5, 5.41) is 2.54. The van der Waals surface area contributed by atoms with E-state index in [1.807, 2.05) is 0 Å². The Kier molecular flexibility index (Phi) is 7.26. The van der Waals surface area contributed by atoms with Crippen LogP contribution in [0.25, 0.3) is 45.2 Å². The molecule has 0 bridgehead atoms. The standard InChI is InChI=1S/C55H42N2/c1-7-19-53-39(11-1)13-9-31-56(53)43-27-26-41-33-37(23-25-42(41)35-43)21-22-38-24-29-47-48-30-28-44(57-32-10-14-40-12-2-8-20-54(40)57)36-52(48)55(51(47)34-38)49-17-5-3-15-45(49)46-16-4-6-18-50(46)55/h1-8,11-12,15-30,33-36H,9-10,13-14,31-32H2/b22-21+. The minimum Gasteiger partial charge on any atom is -0.341 e. The number of nitrogens with zero attached hydrogens (tertiary/aromatic N) is 2. The SMILES string of the molecule is C(=C\c1ccc2cc(N3CCCc4ccccc43)ccc2c1)/c1ccc2c(c1)C1(c3ccccc3-c3ccccc31)c1cc(N3CCCc4ccccc43)ccc1-2. The van der Waals surface area contributed by atoms with Gasteiger partial charge in [-0.3, -0.25) is 0 Å². The molecular formula is C55H42N2. The molecule has 8 aromatic rings. The van der Waals surface area contributed by atoms with Crippen molar-refractivity contribution in [2.45, 2.75) is 31.1 Å². The Morgan fingerprint density at radius 3 is 1.54 bits per heavy atom. The molecule has 8 aromatic carbocycles. The molecule has 0 atom stereocenters. The number of benzene rings is 8. The smallest absolute Gasteiger partial charge is 0.0726 e. The van der Waals surface area contributed by atoms with Crippen molar-refractivity contribution in [1.82, 2.24) is 0 Å². The second kappa shape index (κ2) is 12.7. The van der Waals surface area contributed by atoms with Crippen molar-refractivity contribution in [2.75, 3.05) is 22.9 Å². The molecule has 0 saturated heterocycles. The minimum absolute atomic E-state index is 0.400. The van der Waals surface area contributed by atoms with Crippen LogP contribution in [0, 0.1) is 0 Å². The summed E-state index contributed by atoms with van der Waals surface area (Å²) in [7, 11) is 0. The van der Waals surface area contributed by atoms with Crippen molar-refractivity contribution in [3.05, 3.63) is 214 Å². The summed E-state index contributed by atoms with van der Waals surface area (Å²) >= 11 is 0. The lowest BCUT2D eigenvalue weighted by Crippen LogP contribution is -2.27. The molecule has 12 rings (SSSR count). The number of hydrogen-bond donors (Lipinski definition) is 0. The van der Waals surface area contributed by atoms with Gasteiger partial charge in [0.05, 0.1) is 5.41 Å². The van der Waals surface area contributed by atoms with Gasteiger partial charge in [0.25, 0.3) is 0 Å². The Labute approximate surface area is 335 Å². The Morgan fingerprint density at radius 1 is 0.386 bits per heavy atom. The zero-order chi connectivity index (χ0) is 37.5. The molecule has 1 spiro atoms. The molecule has 2 aliphatic heterocycles. The van der Waals surface area contributed by atoms with E-state index < -0.39 is 5.41 Å². The number of anilines is 4. The number of hydrogen-bond acceptors (Lipinski definition) is 2. The van der Waals surface area contributed by atoms with Crippen molar-refractivity contribution in [1.29, 1.82) is 0 Å². The first kappa shape index (κ1) is 32.6. The third-order valence-corrected chi connectivity index (χ3v) is 13.3. The maximum atomic E-state index is 2.55. The van der Waals surface area contributed by atoms with Gasteiger partial charge in [0.1, 0.15) is 0 Å². The van der Waals surface area contributed by atoms with E-state index in [-0.39, 0.29) is 0 Å². The molecule has 2 heterocycles. The van der Waals surface area contributed by atoms with Crippen molar-refractivity contribution in [3.8, 4) is 22.3 Å². The van der Waals surface area contributed by atoms with Crippen LogP contribution in [0.1, 0.15) is 57.3 Å². The molecule has 0 saturated carbocycles. The average Bonchev–Trinajstić information content (AvgIpc) is 3.74. The fraction of sp³-hybridized carbons (Fsp3) is 0.127. The Morgan fingerprint density at radius 2 is 0.860 bits per heavy atom. The van der Waals surface area contributed by atoms with Gasteiger partial charge >= 0.3 is 0 Å². The molecule has 0 aromatic heterocycles. The lowest BCUT2D eigenvalue weighted by molar-refractivity contribution is 0.762. The van der Waals surface area contributed by atoms with Gasteiger partial charge in [-0.05, 0) is 152 Å². The summed E-state index contributed by atoms with van der Waals surface area (Å²) in [5.74, 6) is 0. The van der Waals surface area contributed by atoms with Crippen molar-refractivity contribution >= 4 is 45.7 Å². The Hall–Kier alpha value is -6.64. The van der Waals surface area contributed by atoms with Gasteiger partial charge in [-0.2, -0.15) is 0 Å². The van der Waals surface area contributed by atoms with Gasteiger partial charge < -0.3 is 9.80 Å². The van der Waals surface area contributed by atoms with E-state index in [1.54, 1.807) is 0 Å². The van der Waals surface area contributed by atoms with Gasteiger partial charge in [-0.15, -0.1) is 0 Å². The maximum Gasteiger partial charge on any atom is 0.0726 e. The summed E-state index contributed by atoms with van der Waals surface area (Å²) < 4.78 is 0. The summed E-state index contributed by atoms with van der Waals surface area (Å²) in [6.07, 6.45) is 9.23. The van der Waals surface area contributed by atoms with E-state index in [0.29, 0.717) is 0 Å². The highest BCUT2D eigenvalue weighted by atomic mass is 15.1. The molecule has 2 nitrogen and oxygen atoms in total. The van der Waals surface area contributed by atoms with Crippen LogP contribution in [-0.4, -0.2) is 13.1 Å². The molecule has 2 heteroatoms. The first-order chi connectivity index (χ1) is 28.2. The van der Waals surface area contributed by atoms with Crippen molar-refractivity contribution in [3.63, 3.8) is 0 Å². The highest BCUT2D eigenvalue weighted by molar-refractivity contribution is 5.97. The van der Waals surface area contributed by atoms with Crippen LogP contribution in [0.3, 0.4) is 0 Å². The monoisotopic (exact) mass is 730 g/mol. The number of aryl methyl sites for hydroxylation is 2. The van der Waals surface area contributed by atoms with E-state index in [1.165, 1.54) is 107 Å². The van der Waals surface area contributed by atoms with Gasteiger partial charge in [-0.25, -0.2) is 0 Å². The number of rotatable bonds is 4. The normalized spacial score (nSPS) is 15.6. The Balaban J connectivity index is 0.948. The molecule has 0 fully saturated rings. The summed E-state index contributed by atoms with van der Waals surface area (Å²) in [4.78, 5) is 5.04. The van der Waals surface area contributed by atoms with E-state index in [2.05, 4.69) is 192 Å². The average molecular weight is 731 g/mol. The fourth-order valence-electron chi connectivity index (χ4n) is 10.7. The van der Waals surface area contributed by atoms with Gasteiger partial charge in [0, 0.05) is 35.8 Å². The second-order valence-electron chi connectivity index (χ2n) is 16.3. The molecule has 272 valence electrons. The number of para-hydroxylation sites is 2. The first-order valence-electron chi connectivity index (χ1n) is 20.7. The van der Waals surface area contributed by atoms with E-state index in [0.717, 1.165) is 32.4 Å². The lowest BCUT2D eigenvalue weighted by atomic mass is 9.70. The molecule has 0 N–H and O–H groups in total. The Bertz CT molecular complexity index is 2900. The largest absolute Gasteiger partial charge is 0.341 e. The zero-order valence-electron chi connectivity index (χ0n) is 32.0. The highest BCUT2D eigenvalue weighted by Gasteiger charge is 2.51. The topological polar surface area (TPSA) is 6.48 Å². The molecule has 0 unspecified atom stereocenters. The summed E-state index contributed by atoms with van der Waals surface area (Å²) in [5.41, 5.74) is 21.0. The van der Waals surface area contributed by atoms with E-state index >= 15 is 0 Å². The van der Waals surface area contributed by atoms with Crippen LogP contribution in [0.4, 0.5) is 22.7 Å². The van der Waals surface area contributed by atoms with Crippen LogP contribution in [0.2, 0.25) is 0 Å². The quantitative estimate of drug-likeness (QED) is 0.166. The fourth-order valence-corrected chi connectivity index (χ4v) is 10.7. The van der Waals surface area contributed by atoms with Crippen molar-refractivity contribution in [2.24, 2.45) is 0 Å². The molecule has 0 radical (unpaired) electrons. The predicted octanol–water partition coefficient (Wildman–Crippen LogP) is 13.5. The minimum atomic E-state index is -0.400. The molecule has 57 heavy (non-hydrogen) atoms. The van der Waals surface area contributed by atoms with Crippen LogP contribution in [0.15, 0.2) is 170 Å². The second-order valence-corrected chi connectivity index (χ2v) is 16.3. The highest BCUT2D eigenvalue weighted by Crippen LogP contribution is 2.63. The molecule has 0 amide bonds. The molecular weight excluding hydrogens is 689 g/mol. The van der Waals surface area contributed by atoms with Gasteiger partial charge in [0.15, 0.2) is 0 Å². The zero-order valence-corrected chi connectivity index (χ0v) is 32.0. The first-order valence-corrected chi connectivity index (χ1v) is 20.7. The molecule has 4 aliphatic rings. The molecule has 2 aliphatic carbocycles. The number of fused-ring (bicyclic) bond motifs is 13. The summed E-state index contributed by atoms with van der Waals surface area (Å²) in [6.45, 7) is 2.09. The van der Waals surface area contributed by atoms with Gasteiger partial charge in [0.2, 0.25) is 0 Å². The third kappa shape index (κ3) is 4.90. The van der Waals surface area contributed by atoms with Gasteiger partial charge in [-0.1, -0.05) is 133 Å². The third-order valence-electron chi connectivity index (χ3n) is 13.3. The lowest BCUT2D eigenvalue weighted by Gasteiger charge is -2.34. The summed E-state index contributed by atoms with van der Waals surface area (Å²) in [6, 6.07) is 64.4. The van der Waals surface area contributed by atoms with E-state index in [4.69, 9.17) is 0 Å². The maximum absolute atomic E-state index is 2.55. The predicted molar refractivity (Wildman–Crippen MR) is 239 cm³/mol. The van der Waals surface area contributed by atoms with Crippen LogP contribution < -0.4 is 9.80 Å². The van der Waals surface area contributed by atoms with E-state index in [9.17, 15) is 0 Å². The van der Waals surface area contributed by atoms with Crippen molar-refractivity contribution < 1.29 is 0 Å². The van der Waals surface area contributed by atoms with Crippen LogP contribution in [0.5, 0.6) is 0 Å². The van der Waals surface area contributed by atoms with Crippen LogP contribution in [-0.2, 0) is 18.3 Å².